The minimum absolute atomic E-state index is 0.132. The quantitative estimate of drug-likeness (QED) is 0.796. The summed E-state index contributed by atoms with van der Waals surface area (Å²) in [6, 6.07) is 5.15. The molecule has 18 heavy (non-hydrogen) atoms. The molecule has 0 amide bonds. The Labute approximate surface area is 106 Å². The number of alkyl halides is 4. The molecule has 3 nitrogen and oxygen atoms in total. The zero-order valence-electron chi connectivity index (χ0n) is 9.08. The van der Waals surface area contributed by atoms with Crippen LogP contribution in [0.5, 0.6) is 5.75 Å². The molecule has 0 bridgehead atoms. The second-order valence-electron chi connectivity index (χ2n) is 3.35. The van der Waals surface area contributed by atoms with Crippen molar-refractivity contribution in [3.05, 3.63) is 29.3 Å². The Balaban J connectivity index is 3.35. The SMILES string of the molecule is CC(=O)C(Cl)c1c(C#N)cccc1OC(F)(F)F. The Hall–Kier alpha value is -1.74. The molecule has 0 saturated carbocycles. The summed E-state index contributed by atoms with van der Waals surface area (Å²) < 4.78 is 40.3. The molecule has 0 saturated heterocycles. The van der Waals surface area contributed by atoms with Crippen molar-refractivity contribution < 1.29 is 22.7 Å². The Morgan fingerprint density at radius 3 is 2.56 bits per heavy atom. The van der Waals surface area contributed by atoms with Gasteiger partial charge in [-0.15, -0.1) is 24.8 Å². The van der Waals surface area contributed by atoms with Gasteiger partial charge in [-0.2, -0.15) is 5.26 Å². The van der Waals surface area contributed by atoms with E-state index in [4.69, 9.17) is 16.9 Å². The van der Waals surface area contributed by atoms with E-state index in [1.807, 2.05) is 0 Å². The second kappa shape index (κ2) is 5.27. The van der Waals surface area contributed by atoms with Gasteiger partial charge in [0.15, 0.2) is 5.78 Å². The van der Waals surface area contributed by atoms with Crippen LogP contribution in [0.4, 0.5) is 13.2 Å². The van der Waals surface area contributed by atoms with Crippen LogP contribution < -0.4 is 4.74 Å². The first-order valence-corrected chi connectivity index (χ1v) is 5.13. The number of benzene rings is 1. The van der Waals surface area contributed by atoms with E-state index in [2.05, 4.69) is 4.74 Å². The van der Waals surface area contributed by atoms with Crippen molar-refractivity contribution in [3.63, 3.8) is 0 Å². The molecule has 1 aromatic rings. The fourth-order valence-corrected chi connectivity index (χ4v) is 1.54. The van der Waals surface area contributed by atoms with Crippen LogP contribution in [-0.2, 0) is 4.79 Å². The Bertz CT molecular complexity index is 508. The summed E-state index contributed by atoms with van der Waals surface area (Å²) in [6.07, 6.45) is -4.92. The summed E-state index contributed by atoms with van der Waals surface area (Å²) in [5.74, 6) is -1.22. The van der Waals surface area contributed by atoms with Crippen LogP contribution >= 0.6 is 11.6 Å². The fourth-order valence-electron chi connectivity index (χ4n) is 1.32. The van der Waals surface area contributed by atoms with Crippen LogP contribution in [0.3, 0.4) is 0 Å². The Morgan fingerprint density at radius 2 is 2.11 bits per heavy atom. The average molecular weight is 278 g/mol. The van der Waals surface area contributed by atoms with E-state index < -0.39 is 23.3 Å². The van der Waals surface area contributed by atoms with Gasteiger partial charge < -0.3 is 4.74 Å². The minimum Gasteiger partial charge on any atom is -0.405 e. The smallest absolute Gasteiger partial charge is 0.405 e. The third-order valence-corrected chi connectivity index (χ3v) is 2.55. The van der Waals surface area contributed by atoms with Crippen molar-refractivity contribution >= 4 is 17.4 Å². The Morgan fingerprint density at radius 1 is 1.50 bits per heavy atom. The molecule has 0 aliphatic heterocycles. The summed E-state index contributed by atoms with van der Waals surface area (Å²) in [5.41, 5.74) is -0.404. The van der Waals surface area contributed by atoms with E-state index in [1.54, 1.807) is 6.07 Å². The van der Waals surface area contributed by atoms with Crippen LogP contribution in [0.1, 0.15) is 23.4 Å². The number of ether oxygens (including phenoxy) is 1. The largest absolute Gasteiger partial charge is 0.573 e. The zero-order chi connectivity index (χ0) is 13.9. The summed E-state index contributed by atoms with van der Waals surface area (Å²) in [7, 11) is 0. The molecule has 0 aromatic heterocycles. The normalized spacial score (nSPS) is 12.7. The highest BCUT2D eigenvalue weighted by Crippen LogP contribution is 2.36. The van der Waals surface area contributed by atoms with E-state index >= 15 is 0 Å². The van der Waals surface area contributed by atoms with Crippen LogP contribution in [0, 0.1) is 11.3 Å². The van der Waals surface area contributed by atoms with Crippen molar-refractivity contribution in [1.82, 2.24) is 0 Å². The lowest BCUT2D eigenvalue weighted by Crippen LogP contribution is -2.19. The standard InChI is InChI=1S/C11H7ClF3NO2/c1-6(17)10(12)9-7(5-16)3-2-4-8(9)18-11(13,14)15/h2-4,10H,1H3. The van der Waals surface area contributed by atoms with Crippen molar-refractivity contribution in [2.24, 2.45) is 0 Å². The third kappa shape index (κ3) is 3.37. The van der Waals surface area contributed by atoms with Crippen LogP contribution in [0.25, 0.3) is 0 Å². The number of nitrogens with zero attached hydrogens (tertiary/aromatic N) is 1. The van der Waals surface area contributed by atoms with Gasteiger partial charge in [-0.1, -0.05) is 6.07 Å². The van der Waals surface area contributed by atoms with Gasteiger partial charge in [-0.3, -0.25) is 4.79 Å². The second-order valence-corrected chi connectivity index (χ2v) is 3.79. The number of ketones is 1. The van der Waals surface area contributed by atoms with Gasteiger partial charge in [0.25, 0.3) is 0 Å². The molecule has 0 radical (unpaired) electrons. The number of Topliss-reactive ketones (excluding diaryl/α,β-unsaturated/α-hetero) is 1. The molecule has 7 heteroatoms. The number of carbonyl (C=O) groups is 1. The molecule has 1 rings (SSSR count). The first-order chi connectivity index (χ1) is 8.26. The molecule has 0 N–H and O–H groups in total. The van der Waals surface area contributed by atoms with E-state index in [0.717, 1.165) is 13.0 Å². The summed E-state index contributed by atoms with van der Waals surface area (Å²) in [6.45, 7) is 1.11. The van der Waals surface area contributed by atoms with Crippen molar-refractivity contribution in [2.45, 2.75) is 18.7 Å². The number of halogens is 4. The number of hydrogen-bond acceptors (Lipinski definition) is 3. The minimum atomic E-state index is -4.92. The maximum Gasteiger partial charge on any atom is 0.573 e. The Kier molecular flexibility index (Phi) is 4.19. The first kappa shape index (κ1) is 14.3. The molecule has 0 heterocycles. The van der Waals surface area contributed by atoms with Gasteiger partial charge in [-0.25, -0.2) is 0 Å². The first-order valence-electron chi connectivity index (χ1n) is 4.69. The van der Waals surface area contributed by atoms with Crippen LogP contribution in [0.15, 0.2) is 18.2 Å². The monoisotopic (exact) mass is 277 g/mol. The van der Waals surface area contributed by atoms with E-state index in [9.17, 15) is 18.0 Å². The van der Waals surface area contributed by atoms with Gasteiger partial charge >= 0.3 is 6.36 Å². The lowest BCUT2D eigenvalue weighted by atomic mass is 10.0. The molecule has 0 aliphatic rings. The van der Waals surface area contributed by atoms with Gasteiger partial charge in [0, 0.05) is 5.56 Å². The van der Waals surface area contributed by atoms with E-state index in [0.29, 0.717) is 0 Å². The lowest BCUT2D eigenvalue weighted by Gasteiger charge is -2.16. The summed E-state index contributed by atoms with van der Waals surface area (Å²) >= 11 is 5.71. The van der Waals surface area contributed by atoms with Gasteiger partial charge in [-0.05, 0) is 19.1 Å². The number of hydrogen-bond donors (Lipinski definition) is 0. The zero-order valence-corrected chi connectivity index (χ0v) is 9.84. The highest BCUT2D eigenvalue weighted by molar-refractivity contribution is 6.31. The molecule has 1 unspecified atom stereocenters. The van der Waals surface area contributed by atoms with Crippen LogP contribution in [-0.4, -0.2) is 12.1 Å². The highest BCUT2D eigenvalue weighted by atomic mass is 35.5. The lowest BCUT2D eigenvalue weighted by molar-refractivity contribution is -0.274. The topological polar surface area (TPSA) is 50.1 Å². The summed E-state index contributed by atoms with van der Waals surface area (Å²) in [4.78, 5) is 11.2. The predicted molar refractivity (Wildman–Crippen MR) is 57.1 cm³/mol. The van der Waals surface area contributed by atoms with E-state index in [-0.39, 0.29) is 11.1 Å². The van der Waals surface area contributed by atoms with Crippen molar-refractivity contribution in [2.75, 3.05) is 0 Å². The molecule has 1 aromatic carbocycles. The highest BCUT2D eigenvalue weighted by Gasteiger charge is 2.34. The number of rotatable bonds is 3. The maximum absolute atomic E-state index is 12.2. The molecule has 96 valence electrons. The molecular weight excluding hydrogens is 271 g/mol. The third-order valence-electron chi connectivity index (χ3n) is 2.02. The van der Waals surface area contributed by atoms with Crippen molar-refractivity contribution in [1.29, 1.82) is 5.26 Å². The molecule has 0 fully saturated rings. The number of nitriles is 1. The molecule has 0 aliphatic carbocycles. The van der Waals surface area contributed by atoms with Crippen LogP contribution in [0.2, 0.25) is 0 Å². The molecule has 1 atom stereocenters. The summed E-state index contributed by atoms with van der Waals surface area (Å²) in [5, 5.41) is 7.45. The van der Waals surface area contributed by atoms with Crippen molar-refractivity contribution in [3.8, 4) is 11.8 Å². The average Bonchev–Trinajstić information content (AvgIpc) is 2.25. The number of carbonyl (C=O) groups excluding carboxylic acids is 1. The van der Waals surface area contributed by atoms with Gasteiger partial charge in [0.1, 0.15) is 11.1 Å². The van der Waals surface area contributed by atoms with Gasteiger partial charge in [0.05, 0.1) is 11.6 Å². The van der Waals surface area contributed by atoms with E-state index in [1.165, 1.54) is 12.1 Å². The maximum atomic E-state index is 12.2. The molecular formula is C11H7ClF3NO2. The predicted octanol–water partition coefficient (Wildman–Crippen LogP) is 3.33. The van der Waals surface area contributed by atoms with Gasteiger partial charge in [0.2, 0.25) is 0 Å². The molecule has 0 spiro atoms. The fraction of sp³-hybridized carbons (Fsp3) is 0.273.